The molecule has 6 N–H and O–H groups in total. The summed E-state index contributed by atoms with van der Waals surface area (Å²) in [7, 11) is 0. The molecule has 4 aliphatic heterocycles. The summed E-state index contributed by atoms with van der Waals surface area (Å²) in [6.45, 7) is 20.3. The number of fused-ring (bicyclic) bond motifs is 5. The Balaban J connectivity index is 1.07. The number of nitrogens with zero attached hydrogens (tertiary/aromatic N) is 3. The van der Waals surface area contributed by atoms with Crippen LogP contribution in [-0.2, 0) is 111 Å². The number of hydrogen-bond donors (Lipinski definition) is 6. The van der Waals surface area contributed by atoms with Gasteiger partial charge in [-0.3, -0.25) is 57.6 Å². The van der Waals surface area contributed by atoms with Gasteiger partial charge in [0.15, 0.2) is 5.60 Å². The molecule has 542 valence electrons. The van der Waals surface area contributed by atoms with Gasteiger partial charge in [-0.2, -0.15) is 0 Å². The highest BCUT2D eigenvalue weighted by Crippen LogP contribution is 2.46. The van der Waals surface area contributed by atoms with Crippen LogP contribution in [0.15, 0.2) is 40.0 Å². The Kier molecular flexibility index (Phi) is 26.4. The number of benzene rings is 1. The molecule has 7 amide bonds. The zero-order chi connectivity index (χ0) is 73.0. The van der Waals surface area contributed by atoms with Gasteiger partial charge in [-0.15, -0.1) is 11.8 Å². The van der Waals surface area contributed by atoms with E-state index in [1.54, 1.807) is 106 Å². The molecule has 0 saturated carbocycles. The maximum Gasteiger partial charge on any atom is 0.343 e. The quantitative estimate of drug-likeness (QED) is 0.0152. The van der Waals surface area contributed by atoms with Crippen molar-refractivity contribution in [1.29, 1.82) is 0 Å². The Morgan fingerprint density at radius 2 is 1.26 bits per heavy atom. The van der Waals surface area contributed by atoms with Crippen molar-refractivity contribution in [3.63, 3.8) is 0 Å². The minimum Gasteiger partial charge on any atom is -0.460 e. The average Bonchev–Trinajstić information content (AvgIpc) is 1.60. The largest absolute Gasteiger partial charge is 0.460 e. The van der Waals surface area contributed by atoms with Gasteiger partial charge in [-0.1, -0.05) is 27.2 Å². The number of carbonyl (C=O) groups is 11. The number of carbonyl (C=O) groups excluding carboxylic acids is 11. The van der Waals surface area contributed by atoms with Crippen LogP contribution in [0.3, 0.4) is 0 Å². The molecule has 1 aromatic carbocycles. The van der Waals surface area contributed by atoms with Gasteiger partial charge in [0, 0.05) is 58.7 Å². The number of hydrogen-bond acceptors (Lipinski definition) is 22. The molecule has 7 rings (SSSR count). The number of ether oxygens (including phenoxy) is 7. The topological polar surface area (TPSA) is 371 Å². The maximum absolute atomic E-state index is 14.6. The van der Waals surface area contributed by atoms with Crippen molar-refractivity contribution in [1.82, 2.24) is 35.7 Å². The molecule has 29 heteroatoms. The SMILES string of the molecule is CC[C@@]1(O)C(=O)OCc2c1cc1n(c2=O)Cc2c-1nc1ccc(NC(=O)[C@H](C)NC(=O)[C@@H](NC(=O)[C@H](CCC(=O)NC(COCCC(=O)OC(C)(C)C)(COCCC(=O)OC(C)(C)C)COCCC(=O)OC(C)(C)C)NC(=O)CCCCCN3C(=O)C=CC3=O)C(C)C)c3c1c2CCS3. The van der Waals surface area contributed by atoms with Gasteiger partial charge in [0.05, 0.1) is 93.6 Å². The molecule has 4 aliphatic rings. The van der Waals surface area contributed by atoms with E-state index in [1.807, 2.05) is 0 Å². The number of aryl methyl sites for hydroxylation is 1. The third-order valence-corrected chi connectivity index (χ3v) is 17.5. The van der Waals surface area contributed by atoms with E-state index in [-0.39, 0.29) is 115 Å². The Hall–Kier alpha value is -8.12. The highest BCUT2D eigenvalue weighted by Gasteiger charge is 2.46. The van der Waals surface area contributed by atoms with Crippen molar-refractivity contribution in [2.45, 2.75) is 225 Å². The summed E-state index contributed by atoms with van der Waals surface area (Å²) in [6, 6.07) is 1.16. The average molecular weight is 1400 g/mol. The van der Waals surface area contributed by atoms with E-state index >= 15 is 0 Å². The number of aliphatic hydroxyl groups is 1. The lowest BCUT2D eigenvalue weighted by Gasteiger charge is -2.34. The van der Waals surface area contributed by atoms with Gasteiger partial charge in [0.1, 0.15) is 47.1 Å². The third-order valence-electron chi connectivity index (χ3n) is 16.4. The van der Waals surface area contributed by atoms with E-state index in [0.717, 1.165) is 26.3 Å². The number of aromatic nitrogens is 2. The van der Waals surface area contributed by atoms with Crippen molar-refractivity contribution in [2.24, 2.45) is 5.92 Å². The Morgan fingerprint density at radius 1 is 0.687 bits per heavy atom. The van der Waals surface area contributed by atoms with Gasteiger partial charge in [0.25, 0.3) is 17.4 Å². The fraction of sp³-hybridized carbons (Fsp3) is 0.614. The van der Waals surface area contributed by atoms with Crippen LogP contribution in [0.4, 0.5) is 5.69 Å². The van der Waals surface area contributed by atoms with Crippen LogP contribution in [0.5, 0.6) is 0 Å². The highest BCUT2D eigenvalue weighted by molar-refractivity contribution is 7.99. The predicted molar refractivity (Wildman–Crippen MR) is 362 cm³/mol. The molecule has 0 aliphatic carbocycles. The first-order chi connectivity index (χ1) is 46.4. The summed E-state index contributed by atoms with van der Waals surface area (Å²) >= 11 is 1.51. The molecule has 4 atom stereocenters. The Bertz CT molecular complexity index is 3570. The molecule has 2 aromatic heterocycles. The number of imide groups is 1. The molecule has 0 bridgehead atoms. The predicted octanol–water partition coefficient (Wildman–Crippen LogP) is 5.16. The van der Waals surface area contributed by atoms with Crippen molar-refractivity contribution < 1.29 is 91.0 Å². The van der Waals surface area contributed by atoms with Crippen LogP contribution in [0.2, 0.25) is 0 Å². The van der Waals surface area contributed by atoms with Crippen molar-refractivity contribution in [3.05, 3.63) is 63.0 Å². The van der Waals surface area contributed by atoms with Gasteiger partial charge >= 0.3 is 23.9 Å². The number of thioether (sulfide) groups is 1. The van der Waals surface area contributed by atoms with Crippen LogP contribution in [0.1, 0.15) is 176 Å². The van der Waals surface area contributed by atoms with E-state index in [4.69, 9.17) is 38.1 Å². The Morgan fingerprint density at radius 3 is 1.81 bits per heavy atom. The summed E-state index contributed by atoms with van der Waals surface area (Å²) in [5, 5.41) is 26.3. The number of unbranched alkanes of at least 4 members (excludes halogenated alkanes) is 2. The molecule has 0 fully saturated rings. The number of rotatable bonds is 34. The zero-order valence-electron chi connectivity index (χ0n) is 59.0. The summed E-state index contributed by atoms with van der Waals surface area (Å²) in [5.41, 5.74) is -2.17. The number of pyridine rings is 2. The molecule has 3 aromatic rings. The molecular weight excluding hydrogens is 1300 g/mol. The molecule has 0 saturated heterocycles. The fourth-order valence-corrected chi connectivity index (χ4v) is 12.8. The van der Waals surface area contributed by atoms with Crippen molar-refractivity contribution in [3.8, 4) is 11.4 Å². The standard InChI is InChI=1S/C70H96N8O20S/c1-14-70(91)45-34-49-59-43(35-78(49)64(89)44(45)36-95-65(70)90)42-28-33-99-60-47(20-19-46(73-59)57(42)60)74-61(86)41(4)71-63(88)58(40(2)3)75-62(87)48(72-50(79)18-16-15-17-29-77-52(81)23-24-53(77)82)21-22-51(80)76-69(37-92-30-25-54(83)96-66(5,6)7,38-93-31-26-55(84)97-67(8,9)10)39-94-32-27-56(85)98-68(11,12)13/h19-20,23-24,34,40-41,48,58,91H,14-18,21-22,25-33,35-39H2,1-13H3,(H,71,88)(H,72,79)(H,74,86)(H,75,87)(H,76,80)/t41-,48-,58-,70-/m0/s1. The lowest BCUT2D eigenvalue weighted by molar-refractivity contribution is -0.172. The fourth-order valence-electron chi connectivity index (χ4n) is 11.6. The number of nitrogens with one attached hydrogen (secondary N) is 5. The third kappa shape index (κ3) is 21.2. The van der Waals surface area contributed by atoms with Gasteiger partial charge in [-0.25, -0.2) is 9.78 Å². The molecule has 99 heavy (non-hydrogen) atoms. The van der Waals surface area contributed by atoms with Crippen LogP contribution in [0, 0.1) is 5.92 Å². The van der Waals surface area contributed by atoms with Gasteiger partial charge in [0.2, 0.25) is 29.5 Å². The lowest BCUT2D eigenvalue weighted by atomic mass is 9.86. The molecule has 28 nitrogen and oxygen atoms in total. The van der Waals surface area contributed by atoms with Crippen LogP contribution < -0.4 is 32.1 Å². The lowest BCUT2D eigenvalue weighted by Crippen LogP contribution is -2.59. The summed E-state index contributed by atoms with van der Waals surface area (Å²) in [5.74, 6) is -6.87. The smallest absolute Gasteiger partial charge is 0.343 e. The summed E-state index contributed by atoms with van der Waals surface area (Å²) in [4.78, 5) is 168. The van der Waals surface area contributed by atoms with Crippen molar-refractivity contribution in [2.75, 3.05) is 57.3 Å². The number of amides is 7. The summed E-state index contributed by atoms with van der Waals surface area (Å²) < 4.78 is 41.2. The van der Waals surface area contributed by atoms with E-state index in [0.29, 0.717) is 47.6 Å². The number of cyclic esters (lactones) is 1. The first kappa shape index (κ1) is 78.2. The molecule has 0 spiro atoms. The second-order valence-electron chi connectivity index (χ2n) is 28.5. The normalized spacial score (nSPS) is 16.6. The van der Waals surface area contributed by atoms with Crippen LogP contribution in [0.25, 0.3) is 22.3 Å². The van der Waals surface area contributed by atoms with Crippen LogP contribution in [-0.4, -0.2) is 177 Å². The van der Waals surface area contributed by atoms with E-state index in [2.05, 4.69) is 26.6 Å². The van der Waals surface area contributed by atoms with E-state index in [1.165, 1.54) is 30.8 Å². The summed E-state index contributed by atoms with van der Waals surface area (Å²) in [6.07, 6.45) is 2.60. The first-order valence-corrected chi connectivity index (χ1v) is 34.6. The second kappa shape index (κ2) is 33.4. The number of anilines is 1. The number of esters is 4. The maximum atomic E-state index is 14.6. The molecular formula is C70H96N8O20S. The minimum absolute atomic E-state index is 0.00706. The highest BCUT2D eigenvalue weighted by atomic mass is 32.2. The second-order valence-corrected chi connectivity index (χ2v) is 29.6. The first-order valence-electron chi connectivity index (χ1n) is 33.6. The van der Waals surface area contributed by atoms with Crippen molar-refractivity contribution >= 4 is 93.6 Å². The van der Waals surface area contributed by atoms with E-state index in [9.17, 15) is 62.6 Å². The molecule has 0 radical (unpaired) electrons. The monoisotopic (exact) mass is 1400 g/mol. The minimum atomic E-state index is -2.00. The van der Waals surface area contributed by atoms with E-state index < -0.39 is 129 Å². The van der Waals surface area contributed by atoms with Gasteiger partial charge < -0.3 is 69.4 Å². The van der Waals surface area contributed by atoms with Gasteiger partial charge in [-0.05, 0) is 131 Å². The van der Waals surface area contributed by atoms with Crippen LogP contribution >= 0.6 is 11.8 Å². The molecule has 6 heterocycles. The zero-order valence-corrected chi connectivity index (χ0v) is 59.8. The molecule has 0 unspecified atom stereocenters. The Labute approximate surface area is 580 Å².